The highest BCUT2D eigenvalue weighted by atomic mass is 16.2. The third kappa shape index (κ3) is 1.90. The van der Waals surface area contributed by atoms with Crippen molar-refractivity contribution in [1.82, 2.24) is 4.90 Å². The molecule has 1 aromatic carbocycles. The fraction of sp³-hybridized carbons (Fsp3) is 0.462. The average Bonchev–Trinajstić information content (AvgIpc) is 2.72. The summed E-state index contributed by atoms with van der Waals surface area (Å²) < 4.78 is 0. The number of carbonyl (C=O) groups excluding carboxylic acids is 1. The van der Waals surface area contributed by atoms with Crippen molar-refractivity contribution in [3.63, 3.8) is 0 Å². The third-order valence-electron chi connectivity index (χ3n) is 3.07. The van der Waals surface area contributed by atoms with Crippen LogP contribution in [-0.4, -0.2) is 30.9 Å². The largest absolute Gasteiger partial charge is 0.384 e. The lowest BCUT2D eigenvalue weighted by Gasteiger charge is -2.20. The first-order valence-electron chi connectivity index (χ1n) is 5.81. The number of rotatable bonds is 3. The summed E-state index contributed by atoms with van der Waals surface area (Å²) in [6.07, 6.45) is 1.00. The fourth-order valence-corrected chi connectivity index (χ4v) is 2.22. The zero-order valence-corrected chi connectivity index (χ0v) is 9.86. The Bertz CT molecular complexity index is 389. The molecule has 1 aromatic rings. The standard InChI is InChI=1S/C13H18N2O/c1-3-8-15(2)13(16)11-9-14-12-7-5-4-6-10(11)12/h4-7,11,14H,3,8-9H2,1-2H3. The first kappa shape index (κ1) is 11.0. The maximum atomic E-state index is 12.2. The minimum Gasteiger partial charge on any atom is -0.384 e. The number of likely N-dealkylation sites (N-methyl/N-ethyl adjacent to an activating group) is 1. The number of para-hydroxylation sites is 1. The highest BCUT2D eigenvalue weighted by Crippen LogP contribution is 2.31. The molecule has 1 unspecified atom stereocenters. The van der Waals surface area contributed by atoms with Gasteiger partial charge in [0.05, 0.1) is 5.92 Å². The van der Waals surface area contributed by atoms with Crippen molar-refractivity contribution in [2.45, 2.75) is 19.3 Å². The van der Waals surface area contributed by atoms with E-state index in [0.717, 1.165) is 30.8 Å². The number of carbonyl (C=O) groups is 1. The molecule has 1 aliphatic heterocycles. The quantitative estimate of drug-likeness (QED) is 0.842. The summed E-state index contributed by atoms with van der Waals surface area (Å²) in [7, 11) is 1.88. The number of anilines is 1. The van der Waals surface area contributed by atoms with Gasteiger partial charge in [-0.25, -0.2) is 0 Å². The normalized spacial score (nSPS) is 17.8. The minimum absolute atomic E-state index is 0.00671. The summed E-state index contributed by atoms with van der Waals surface area (Å²) in [5.41, 5.74) is 2.24. The van der Waals surface area contributed by atoms with Gasteiger partial charge >= 0.3 is 0 Å². The summed E-state index contributed by atoms with van der Waals surface area (Å²) >= 11 is 0. The van der Waals surface area contributed by atoms with Crippen LogP contribution in [0, 0.1) is 0 Å². The zero-order chi connectivity index (χ0) is 11.5. The van der Waals surface area contributed by atoms with Crippen molar-refractivity contribution in [3.8, 4) is 0 Å². The number of hydrogen-bond donors (Lipinski definition) is 1. The lowest BCUT2D eigenvalue weighted by atomic mass is 10.00. The lowest BCUT2D eigenvalue weighted by Crippen LogP contribution is -2.33. The Kier molecular flexibility index (Phi) is 3.13. The predicted molar refractivity (Wildman–Crippen MR) is 65.6 cm³/mol. The van der Waals surface area contributed by atoms with Crippen molar-refractivity contribution in [2.24, 2.45) is 0 Å². The molecule has 2 rings (SSSR count). The molecule has 1 aliphatic rings. The van der Waals surface area contributed by atoms with Crippen molar-refractivity contribution >= 4 is 11.6 Å². The van der Waals surface area contributed by atoms with E-state index in [9.17, 15) is 4.79 Å². The van der Waals surface area contributed by atoms with Crippen LogP contribution in [0.15, 0.2) is 24.3 Å². The molecule has 16 heavy (non-hydrogen) atoms. The van der Waals surface area contributed by atoms with E-state index < -0.39 is 0 Å². The maximum absolute atomic E-state index is 12.2. The number of nitrogens with zero attached hydrogens (tertiary/aromatic N) is 1. The molecule has 0 aromatic heterocycles. The van der Waals surface area contributed by atoms with Gasteiger partial charge in [-0.2, -0.15) is 0 Å². The van der Waals surface area contributed by atoms with Crippen LogP contribution in [0.5, 0.6) is 0 Å². The molecule has 3 heteroatoms. The van der Waals surface area contributed by atoms with Gasteiger partial charge in [-0.1, -0.05) is 25.1 Å². The third-order valence-corrected chi connectivity index (χ3v) is 3.07. The molecule has 3 nitrogen and oxygen atoms in total. The second kappa shape index (κ2) is 4.56. The summed E-state index contributed by atoms with van der Waals surface area (Å²) in [5, 5.41) is 3.28. The number of fused-ring (bicyclic) bond motifs is 1. The van der Waals surface area contributed by atoms with Crippen LogP contribution in [0.3, 0.4) is 0 Å². The van der Waals surface area contributed by atoms with Gasteiger partial charge in [-0.3, -0.25) is 4.79 Å². The number of hydrogen-bond acceptors (Lipinski definition) is 2. The zero-order valence-electron chi connectivity index (χ0n) is 9.86. The molecule has 0 radical (unpaired) electrons. The van der Waals surface area contributed by atoms with Gasteiger partial charge < -0.3 is 10.2 Å². The van der Waals surface area contributed by atoms with Crippen LogP contribution in [0.1, 0.15) is 24.8 Å². The summed E-state index contributed by atoms with van der Waals surface area (Å²) in [6.45, 7) is 3.65. The molecule has 0 bridgehead atoms. The van der Waals surface area contributed by atoms with E-state index in [4.69, 9.17) is 0 Å². The van der Waals surface area contributed by atoms with E-state index in [-0.39, 0.29) is 11.8 Å². The fourth-order valence-electron chi connectivity index (χ4n) is 2.22. The minimum atomic E-state index is -0.00671. The van der Waals surface area contributed by atoms with Gasteiger partial charge in [0.25, 0.3) is 0 Å². The van der Waals surface area contributed by atoms with Gasteiger partial charge in [0.15, 0.2) is 0 Å². The van der Waals surface area contributed by atoms with E-state index in [1.54, 1.807) is 0 Å². The first-order chi connectivity index (χ1) is 7.74. The van der Waals surface area contributed by atoms with Crippen molar-refractivity contribution in [3.05, 3.63) is 29.8 Å². The maximum Gasteiger partial charge on any atom is 0.231 e. The Morgan fingerprint density at radius 1 is 1.50 bits per heavy atom. The molecule has 1 N–H and O–H groups in total. The second-order valence-corrected chi connectivity index (χ2v) is 4.28. The molecule has 0 spiro atoms. The monoisotopic (exact) mass is 218 g/mol. The molecule has 1 heterocycles. The lowest BCUT2D eigenvalue weighted by molar-refractivity contribution is -0.131. The van der Waals surface area contributed by atoms with Crippen molar-refractivity contribution in [1.29, 1.82) is 0 Å². The van der Waals surface area contributed by atoms with Gasteiger partial charge in [0, 0.05) is 25.8 Å². The second-order valence-electron chi connectivity index (χ2n) is 4.28. The molecule has 86 valence electrons. The molecular formula is C13H18N2O. The van der Waals surface area contributed by atoms with Gasteiger partial charge in [0.2, 0.25) is 5.91 Å². The Balaban J connectivity index is 2.16. The molecule has 1 amide bonds. The van der Waals surface area contributed by atoms with Gasteiger partial charge in [0.1, 0.15) is 0 Å². The number of amides is 1. The molecule has 0 saturated heterocycles. The predicted octanol–water partition coefficient (Wildman–Crippen LogP) is 2.06. The molecule has 0 fully saturated rings. The van der Waals surface area contributed by atoms with Crippen LogP contribution in [0.25, 0.3) is 0 Å². The highest BCUT2D eigenvalue weighted by Gasteiger charge is 2.29. The first-order valence-corrected chi connectivity index (χ1v) is 5.81. The topological polar surface area (TPSA) is 32.3 Å². The molecule has 1 atom stereocenters. The van der Waals surface area contributed by atoms with E-state index in [2.05, 4.69) is 12.2 Å². The van der Waals surface area contributed by atoms with Crippen molar-refractivity contribution < 1.29 is 4.79 Å². The summed E-state index contributed by atoms with van der Waals surface area (Å²) in [4.78, 5) is 14.0. The summed E-state index contributed by atoms with van der Waals surface area (Å²) in [6, 6.07) is 8.06. The Morgan fingerprint density at radius 3 is 3.00 bits per heavy atom. The smallest absolute Gasteiger partial charge is 0.231 e. The average molecular weight is 218 g/mol. The van der Waals surface area contributed by atoms with E-state index in [1.807, 2.05) is 36.2 Å². The number of nitrogens with one attached hydrogen (secondary N) is 1. The summed E-state index contributed by atoms with van der Waals surface area (Å²) in [5.74, 6) is 0.215. The Hall–Kier alpha value is -1.51. The van der Waals surface area contributed by atoms with E-state index >= 15 is 0 Å². The highest BCUT2D eigenvalue weighted by molar-refractivity contribution is 5.88. The molecule has 0 saturated carbocycles. The van der Waals surface area contributed by atoms with Crippen molar-refractivity contribution in [2.75, 3.05) is 25.5 Å². The van der Waals surface area contributed by atoms with Crippen LogP contribution in [0.4, 0.5) is 5.69 Å². The SMILES string of the molecule is CCCN(C)C(=O)C1CNc2ccccc21. The van der Waals surface area contributed by atoms with E-state index in [0.29, 0.717) is 0 Å². The molecular weight excluding hydrogens is 200 g/mol. The van der Waals surface area contributed by atoms with Gasteiger partial charge in [-0.05, 0) is 18.1 Å². The van der Waals surface area contributed by atoms with Crippen LogP contribution in [-0.2, 0) is 4.79 Å². The molecule has 0 aliphatic carbocycles. The van der Waals surface area contributed by atoms with Crippen LogP contribution in [0.2, 0.25) is 0 Å². The Labute approximate surface area is 96.5 Å². The Morgan fingerprint density at radius 2 is 2.25 bits per heavy atom. The van der Waals surface area contributed by atoms with Gasteiger partial charge in [-0.15, -0.1) is 0 Å². The number of benzene rings is 1. The van der Waals surface area contributed by atoms with Crippen LogP contribution >= 0.6 is 0 Å². The van der Waals surface area contributed by atoms with Crippen LogP contribution < -0.4 is 5.32 Å². The van der Waals surface area contributed by atoms with E-state index in [1.165, 1.54) is 0 Å².